The number of rotatable bonds is 6. The van der Waals surface area contributed by atoms with Crippen LogP contribution in [0.2, 0.25) is 0 Å². The molecule has 1 atom stereocenters. The first kappa shape index (κ1) is 24.2. The van der Waals surface area contributed by atoms with Crippen LogP contribution in [0.25, 0.3) is 5.76 Å². The van der Waals surface area contributed by atoms with Gasteiger partial charge in [0.2, 0.25) is 0 Å². The van der Waals surface area contributed by atoms with Gasteiger partial charge in [-0.3, -0.25) is 14.5 Å². The van der Waals surface area contributed by atoms with Gasteiger partial charge < -0.3 is 24.1 Å². The molecule has 37 heavy (non-hydrogen) atoms. The summed E-state index contributed by atoms with van der Waals surface area (Å²) in [5, 5.41) is 11.5. The Balaban J connectivity index is 1.70. The zero-order valence-corrected chi connectivity index (χ0v) is 20.8. The number of fused-ring (bicyclic) bond motifs is 1. The highest BCUT2D eigenvalue weighted by atomic mass is 16.6. The third-order valence-corrected chi connectivity index (χ3v) is 6.34. The van der Waals surface area contributed by atoms with Gasteiger partial charge in [-0.2, -0.15) is 0 Å². The molecule has 0 bridgehead atoms. The maximum Gasteiger partial charge on any atom is 0.300 e. The number of anilines is 1. The summed E-state index contributed by atoms with van der Waals surface area (Å²) in [7, 11) is 1.52. The summed E-state index contributed by atoms with van der Waals surface area (Å²) in [6, 6.07) is 16.6. The van der Waals surface area contributed by atoms with Gasteiger partial charge in [0.25, 0.3) is 11.7 Å². The normalized spacial score (nSPS) is 18.1. The van der Waals surface area contributed by atoms with Gasteiger partial charge in [-0.15, -0.1) is 0 Å². The minimum Gasteiger partial charge on any atom is -0.507 e. The Morgan fingerprint density at radius 3 is 2.51 bits per heavy atom. The second-order valence-electron chi connectivity index (χ2n) is 8.71. The Bertz CT molecular complexity index is 1410. The molecule has 3 aromatic carbocycles. The second-order valence-corrected chi connectivity index (χ2v) is 8.71. The van der Waals surface area contributed by atoms with Crippen molar-refractivity contribution in [1.82, 2.24) is 0 Å². The number of hydrogen-bond donors (Lipinski definition) is 1. The number of aliphatic hydroxyl groups is 1. The van der Waals surface area contributed by atoms with E-state index in [1.807, 2.05) is 32.0 Å². The lowest BCUT2D eigenvalue weighted by molar-refractivity contribution is -0.132. The highest BCUT2D eigenvalue weighted by Crippen LogP contribution is 2.45. The minimum atomic E-state index is -0.903. The fraction of sp³-hybridized carbons (Fsp3) is 0.241. The Hall–Kier alpha value is -4.46. The van der Waals surface area contributed by atoms with E-state index in [4.69, 9.17) is 18.9 Å². The van der Waals surface area contributed by atoms with Crippen LogP contribution < -0.4 is 23.8 Å². The zero-order valence-electron chi connectivity index (χ0n) is 20.8. The Labute approximate surface area is 214 Å². The van der Waals surface area contributed by atoms with E-state index >= 15 is 0 Å². The van der Waals surface area contributed by atoms with Gasteiger partial charge in [0.05, 0.1) is 25.3 Å². The number of ketones is 1. The molecule has 3 aromatic rings. The van der Waals surface area contributed by atoms with Crippen molar-refractivity contribution in [2.24, 2.45) is 0 Å². The summed E-state index contributed by atoms with van der Waals surface area (Å²) in [6.45, 7) is 5.03. The molecule has 1 fully saturated rings. The fourth-order valence-corrected chi connectivity index (χ4v) is 4.67. The SMILES string of the molecule is CCOc1ccc(C2/C(=C(\O)c3ccc4c(c3)OCCO4)C(=O)C(=O)N2c2cccc(C)c2)cc1OC. The van der Waals surface area contributed by atoms with Gasteiger partial charge in [-0.25, -0.2) is 0 Å². The Morgan fingerprint density at radius 1 is 1.00 bits per heavy atom. The van der Waals surface area contributed by atoms with Gasteiger partial charge in [0, 0.05) is 11.3 Å². The molecule has 8 heteroatoms. The quantitative estimate of drug-likeness (QED) is 0.295. The Kier molecular flexibility index (Phi) is 6.48. The molecule has 2 aliphatic rings. The molecule has 2 heterocycles. The summed E-state index contributed by atoms with van der Waals surface area (Å²) in [4.78, 5) is 28.3. The highest BCUT2D eigenvalue weighted by Gasteiger charge is 2.47. The van der Waals surface area contributed by atoms with Crippen LogP contribution in [0.4, 0.5) is 5.69 Å². The Morgan fingerprint density at radius 2 is 1.78 bits per heavy atom. The number of methoxy groups -OCH3 is 1. The summed E-state index contributed by atoms with van der Waals surface area (Å²) in [6.07, 6.45) is 0. The van der Waals surface area contributed by atoms with Crippen molar-refractivity contribution in [2.45, 2.75) is 19.9 Å². The molecule has 8 nitrogen and oxygen atoms in total. The first-order valence-corrected chi connectivity index (χ1v) is 12.0. The van der Waals surface area contributed by atoms with E-state index in [9.17, 15) is 14.7 Å². The lowest BCUT2D eigenvalue weighted by Gasteiger charge is -2.26. The van der Waals surface area contributed by atoms with E-state index in [-0.39, 0.29) is 11.3 Å². The lowest BCUT2D eigenvalue weighted by Crippen LogP contribution is -2.29. The molecule has 1 amide bonds. The van der Waals surface area contributed by atoms with Crippen molar-refractivity contribution in [3.05, 3.63) is 82.9 Å². The van der Waals surface area contributed by atoms with Crippen molar-refractivity contribution in [3.63, 3.8) is 0 Å². The van der Waals surface area contributed by atoms with Crippen LogP contribution in [0.5, 0.6) is 23.0 Å². The predicted octanol–water partition coefficient (Wildman–Crippen LogP) is 4.80. The summed E-state index contributed by atoms with van der Waals surface area (Å²) >= 11 is 0. The van der Waals surface area contributed by atoms with Crippen molar-refractivity contribution in [3.8, 4) is 23.0 Å². The average molecular weight is 502 g/mol. The van der Waals surface area contributed by atoms with Crippen LogP contribution in [0.15, 0.2) is 66.2 Å². The monoisotopic (exact) mass is 501 g/mol. The number of hydrogen-bond acceptors (Lipinski definition) is 7. The number of aliphatic hydroxyl groups excluding tert-OH is 1. The molecular weight excluding hydrogens is 474 g/mol. The second kappa shape index (κ2) is 9.89. The fourth-order valence-electron chi connectivity index (χ4n) is 4.67. The smallest absolute Gasteiger partial charge is 0.300 e. The molecule has 1 unspecified atom stereocenters. The molecule has 0 aliphatic carbocycles. The molecule has 190 valence electrons. The molecule has 0 radical (unpaired) electrons. The number of carbonyl (C=O) groups excluding carboxylic acids is 2. The number of aryl methyl sites for hydroxylation is 1. The number of ether oxygens (including phenoxy) is 4. The van der Waals surface area contributed by atoms with Crippen LogP contribution in [0.1, 0.15) is 29.7 Å². The standard InChI is InChI=1S/C29H27NO7/c1-4-35-21-10-8-18(15-23(21)34-3)26-25(27(31)19-9-11-22-24(16-19)37-13-12-36-22)28(32)29(33)30(26)20-7-5-6-17(2)14-20/h5-11,14-16,26,31H,4,12-13H2,1-3H3/b27-25+. The number of carbonyl (C=O) groups is 2. The van der Waals surface area contributed by atoms with Crippen LogP contribution >= 0.6 is 0 Å². The van der Waals surface area contributed by atoms with Crippen LogP contribution in [0.3, 0.4) is 0 Å². The summed E-state index contributed by atoms with van der Waals surface area (Å²) in [5.41, 5.74) is 2.36. The topological polar surface area (TPSA) is 94.5 Å². The molecule has 1 saturated heterocycles. The lowest BCUT2D eigenvalue weighted by atomic mass is 9.94. The van der Waals surface area contributed by atoms with E-state index in [1.54, 1.807) is 42.5 Å². The average Bonchev–Trinajstić information content (AvgIpc) is 3.18. The molecule has 0 aromatic heterocycles. The van der Waals surface area contributed by atoms with Gasteiger partial charge in [0.15, 0.2) is 23.0 Å². The minimum absolute atomic E-state index is 0.0330. The first-order valence-electron chi connectivity index (χ1n) is 12.0. The van der Waals surface area contributed by atoms with Crippen LogP contribution in [0, 0.1) is 6.92 Å². The zero-order chi connectivity index (χ0) is 26.1. The van der Waals surface area contributed by atoms with E-state index in [0.29, 0.717) is 59.6 Å². The van der Waals surface area contributed by atoms with E-state index in [0.717, 1.165) is 5.56 Å². The van der Waals surface area contributed by atoms with Crippen molar-refractivity contribution < 1.29 is 33.6 Å². The largest absolute Gasteiger partial charge is 0.507 e. The maximum atomic E-state index is 13.5. The number of nitrogens with zero attached hydrogens (tertiary/aromatic N) is 1. The number of benzene rings is 3. The molecule has 0 spiro atoms. The van der Waals surface area contributed by atoms with E-state index < -0.39 is 17.7 Å². The number of Topliss-reactive ketones (excluding diaryl/α,β-unsaturated/α-hetero) is 1. The van der Waals surface area contributed by atoms with Crippen molar-refractivity contribution in [1.29, 1.82) is 0 Å². The molecule has 5 rings (SSSR count). The van der Waals surface area contributed by atoms with Crippen LogP contribution in [-0.2, 0) is 9.59 Å². The van der Waals surface area contributed by atoms with Crippen molar-refractivity contribution >= 4 is 23.1 Å². The highest BCUT2D eigenvalue weighted by molar-refractivity contribution is 6.51. The van der Waals surface area contributed by atoms with Gasteiger partial charge in [-0.1, -0.05) is 18.2 Å². The predicted molar refractivity (Wildman–Crippen MR) is 138 cm³/mol. The van der Waals surface area contributed by atoms with Gasteiger partial charge in [0.1, 0.15) is 19.0 Å². The van der Waals surface area contributed by atoms with E-state index in [2.05, 4.69) is 0 Å². The molecule has 2 aliphatic heterocycles. The first-order chi connectivity index (χ1) is 17.9. The molecule has 0 saturated carbocycles. The maximum absolute atomic E-state index is 13.5. The molecular formula is C29H27NO7. The summed E-state index contributed by atoms with van der Waals surface area (Å²) < 4.78 is 22.4. The van der Waals surface area contributed by atoms with Crippen LogP contribution in [-0.4, -0.2) is 43.7 Å². The van der Waals surface area contributed by atoms with Crippen molar-refractivity contribution in [2.75, 3.05) is 31.8 Å². The third-order valence-electron chi connectivity index (χ3n) is 6.34. The summed E-state index contributed by atoms with van der Waals surface area (Å²) in [5.74, 6) is 0.178. The number of amides is 1. The third kappa shape index (κ3) is 4.35. The molecule has 1 N–H and O–H groups in total. The van der Waals surface area contributed by atoms with E-state index in [1.165, 1.54) is 12.0 Å². The van der Waals surface area contributed by atoms with Gasteiger partial charge in [-0.05, 0) is 67.4 Å². The van der Waals surface area contributed by atoms with Gasteiger partial charge >= 0.3 is 0 Å².